The molecule has 0 aliphatic heterocycles. The van der Waals surface area contributed by atoms with E-state index in [1.54, 1.807) is 19.2 Å². The van der Waals surface area contributed by atoms with E-state index in [1.165, 1.54) is 0 Å². The van der Waals surface area contributed by atoms with Crippen molar-refractivity contribution in [2.75, 3.05) is 13.7 Å². The predicted octanol–water partition coefficient (Wildman–Crippen LogP) is 2.21. The molecule has 0 saturated heterocycles. The Morgan fingerprint density at radius 1 is 1.47 bits per heavy atom. The molecule has 1 unspecified atom stereocenters. The summed E-state index contributed by atoms with van der Waals surface area (Å²) in [5.74, 6) is 0.587. The fourth-order valence-electron chi connectivity index (χ4n) is 2.06. The maximum absolute atomic E-state index is 10.0. The van der Waals surface area contributed by atoms with Gasteiger partial charge >= 0.3 is 0 Å². The summed E-state index contributed by atoms with van der Waals surface area (Å²) >= 11 is 0. The maximum Gasteiger partial charge on any atom is 0.136 e. The van der Waals surface area contributed by atoms with Crippen LogP contribution in [0.25, 0.3) is 0 Å². The van der Waals surface area contributed by atoms with Crippen LogP contribution in [0.15, 0.2) is 18.2 Å². The molecule has 1 aromatic carbocycles. The second kappa shape index (κ2) is 7.13. The first-order chi connectivity index (χ1) is 9.02. The van der Waals surface area contributed by atoms with Crippen LogP contribution < -0.4 is 10.1 Å². The smallest absolute Gasteiger partial charge is 0.136 e. The molecule has 0 bridgehead atoms. The quantitative estimate of drug-likeness (QED) is 0.790. The van der Waals surface area contributed by atoms with Gasteiger partial charge in [0.1, 0.15) is 11.8 Å². The molecule has 4 nitrogen and oxygen atoms in total. The van der Waals surface area contributed by atoms with E-state index in [1.807, 2.05) is 13.0 Å². The number of hydrogen-bond donors (Lipinski definition) is 2. The van der Waals surface area contributed by atoms with Gasteiger partial charge in [-0.15, -0.1) is 0 Å². The van der Waals surface area contributed by atoms with E-state index in [2.05, 4.69) is 18.3 Å². The third-order valence-corrected chi connectivity index (χ3v) is 3.01. The monoisotopic (exact) mass is 262 g/mol. The molecule has 0 fully saturated rings. The second-order valence-corrected chi connectivity index (χ2v) is 5.00. The van der Waals surface area contributed by atoms with Gasteiger partial charge in [-0.05, 0) is 31.0 Å². The third-order valence-electron chi connectivity index (χ3n) is 3.01. The minimum atomic E-state index is -0.681. The number of methoxy groups -OCH3 is 1. The number of ether oxygens (including phenoxy) is 1. The normalized spacial score (nSPS) is 13.6. The maximum atomic E-state index is 10.0. The highest BCUT2D eigenvalue weighted by Crippen LogP contribution is 2.19. The Hall–Kier alpha value is -1.57. The minimum Gasteiger partial charge on any atom is -0.495 e. The Morgan fingerprint density at radius 2 is 2.21 bits per heavy atom. The molecule has 0 spiro atoms. The van der Waals surface area contributed by atoms with Crippen LogP contribution in [0.4, 0.5) is 0 Å². The van der Waals surface area contributed by atoms with Crippen molar-refractivity contribution in [1.82, 2.24) is 5.32 Å². The molecule has 4 heteroatoms. The average molecular weight is 262 g/mol. The average Bonchev–Trinajstić information content (AvgIpc) is 2.38. The van der Waals surface area contributed by atoms with Crippen LogP contribution in [0.3, 0.4) is 0 Å². The van der Waals surface area contributed by atoms with Crippen molar-refractivity contribution in [2.45, 2.75) is 38.8 Å². The molecule has 1 aromatic rings. The van der Waals surface area contributed by atoms with Crippen LogP contribution in [0.2, 0.25) is 0 Å². The first-order valence-corrected chi connectivity index (χ1v) is 6.52. The molecule has 19 heavy (non-hydrogen) atoms. The van der Waals surface area contributed by atoms with E-state index in [0.29, 0.717) is 24.4 Å². The lowest BCUT2D eigenvalue weighted by molar-refractivity contribution is 0.0498. The van der Waals surface area contributed by atoms with Crippen molar-refractivity contribution in [1.29, 1.82) is 5.26 Å². The molecule has 1 rings (SSSR count). The van der Waals surface area contributed by atoms with Gasteiger partial charge in [-0.25, -0.2) is 0 Å². The predicted molar refractivity (Wildman–Crippen MR) is 74.9 cm³/mol. The number of nitrogens with zero attached hydrogens (tertiary/aromatic N) is 1. The summed E-state index contributed by atoms with van der Waals surface area (Å²) in [6, 6.07) is 7.63. The summed E-state index contributed by atoms with van der Waals surface area (Å²) in [4.78, 5) is 0. The first-order valence-electron chi connectivity index (χ1n) is 6.52. The fourth-order valence-corrected chi connectivity index (χ4v) is 2.06. The highest BCUT2D eigenvalue weighted by Gasteiger charge is 2.18. The molecule has 0 aromatic heterocycles. The van der Waals surface area contributed by atoms with E-state index in [4.69, 9.17) is 10.00 Å². The Kier molecular flexibility index (Phi) is 5.81. The van der Waals surface area contributed by atoms with Gasteiger partial charge in [-0.2, -0.15) is 5.26 Å². The van der Waals surface area contributed by atoms with Gasteiger partial charge in [0.15, 0.2) is 0 Å². The third kappa shape index (κ3) is 4.90. The van der Waals surface area contributed by atoms with Crippen LogP contribution in [-0.4, -0.2) is 24.4 Å². The van der Waals surface area contributed by atoms with Crippen LogP contribution in [-0.2, 0) is 6.54 Å². The molecule has 0 heterocycles. The SMILES string of the molecule is CCCC(C)(O)CNCc1ccc(OC)c(C#N)c1. The summed E-state index contributed by atoms with van der Waals surface area (Å²) in [5, 5.41) is 22.3. The molecule has 0 aliphatic carbocycles. The lowest BCUT2D eigenvalue weighted by atomic mass is 10.0. The van der Waals surface area contributed by atoms with E-state index in [0.717, 1.165) is 18.4 Å². The number of nitrogens with one attached hydrogen (secondary N) is 1. The van der Waals surface area contributed by atoms with Crippen molar-refractivity contribution < 1.29 is 9.84 Å². The highest BCUT2D eigenvalue weighted by atomic mass is 16.5. The van der Waals surface area contributed by atoms with E-state index < -0.39 is 5.60 Å². The van der Waals surface area contributed by atoms with Crippen molar-refractivity contribution in [2.24, 2.45) is 0 Å². The summed E-state index contributed by atoms with van der Waals surface area (Å²) in [7, 11) is 1.55. The largest absolute Gasteiger partial charge is 0.495 e. The highest BCUT2D eigenvalue weighted by molar-refractivity contribution is 5.45. The Labute approximate surface area is 115 Å². The molecule has 0 amide bonds. The summed E-state index contributed by atoms with van der Waals surface area (Å²) < 4.78 is 5.10. The molecule has 1 atom stereocenters. The first kappa shape index (κ1) is 15.5. The Balaban J connectivity index is 2.57. The van der Waals surface area contributed by atoms with Gasteiger partial charge in [0, 0.05) is 13.1 Å². The van der Waals surface area contributed by atoms with Crippen LogP contribution in [0.1, 0.15) is 37.8 Å². The van der Waals surface area contributed by atoms with Gasteiger partial charge in [0.2, 0.25) is 0 Å². The lowest BCUT2D eigenvalue weighted by Crippen LogP contribution is -2.37. The van der Waals surface area contributed by atoms with E-state index in [9.17, 15) is 5.11 Å². The molecule has 104 valence electrons. The minimum absolute atomic E-state index is 0.530. The van der Waals surface area contributed by atoms with Crippen LogP contribution >= 0.6 is 0 Å². The topological polar surface area (TPSA) is 65.3 Å². The van der Waals surface area contributed by atoms with E-state index in [-0.39, 0.29) is 0 Å². The van der Waals surface area contributed by atoms with Gasteiger partial charge in [-0.3, -0.25) is 0 Å². The molecule has 2 N–H and O–H groups in total. The Bertz CT molecular complexity index is 450. The van der Waals surface area contributed by atoms with Crippen molar-refractivity contribution in [3.8, 4) is 11.8 Å². The van der Waals surface area contributed by atoms with Crippen molar-refractivity contribution in [3.63, 3.8) is 0 Å². The van der Waals surface area contributed by atoms with E-state index >= 15 is 0 Å². The van der Waals surface area contributed by atoms with Crippen molar-refractivity contribution >= 4 is 0 Å². The van der Waals surface area contributed by atoms with Crippen molar-refractivity contribution in [3.05, 3.63) is 29.3 Å². The zero-order valence-corrected chi connectivity index (χ0v) is 11.9. The van der Waals surface area contributed by atoms with Gasteiger partial charge in [0.05, 0.1) is 18.3 Å². The molecule has 0 radical (unpaired) electrons. The van der Waals surface area contributed by atoms with Crippen LogP contribution in [0, 0.1) is 11.3 Å². The second-order valence-electron chi connectivity index (χ2n) is 5.00. The lowest BCUT2D eigenvalue weighted by Gasteiger charge is -2.23. The van der Waals surface area contributed by atoms with Gasteiger partial charge in [-0.1, -0.05) is 19.4 Å². The van der Waals surface area contributed by atoms with Gasteiger partial charge in [0.25, 0.3) is 0 Å². The Morgan fingerprint density at radius 3 is 2.79 bits per heavy atom. The zero-order valence-electron chi connectivity index (χ0n) is 11.9. The molecule has 0 aliphatic rings. The number of hydrogen-bond acceptors (Lipinski definition) is 4. The molecule has 0 saturated carbocycles. The fraction of sp³-hybridized carbons (Fsp3) is 0.533. The number of benzene rings is 1. The summed E-state index contributed by atoms with van der Waals surface area (Å²) in [6.07, 6.45) is 1.72. The number of nitriles is 1. The summed E-state index contributed by atoms with van der Waals surface area (Å²) in [5.41, 5.74) is 0.853. The standard InChI is InChI=1S/C15H22N2O2/c1-4-7-15(2,18)11-17-10-12-5-6-14(19-3)13(8-12)9-16/h5-6,8,17-18H,4,7,10-11H2,1-3H3. The summed E-state index contributed by atoms with van der Waals surface area (Å²) in [6.45, 7) is 5.04. The number of aliphatic hydroxyl groups is 1. The van der Waals surface area contributed by atoms with Gasteiger partial charge < -0.3 is 15.2 Å². The zero-order chi connectivity index (χ0) is 14.3. The molecular weight excluding hydrogens is 240 g/mol. The molecular formula is C15H22N2O2. The number of rotatable bonds is 7. The van der Waals surface area contributed by atoms with Crippen LogP contribution in [0.5, 0.6) is 5.75 Å².